The maximum Gasteiger partial charge on any atom is 0.338 e. The molecule has 0 fully saturated rings. The summed E-state index contributed by atoms with van der Waals surface area (Å²) in [6, 6.07) is 11.5. The van der Waals surface area contributed by atoms with Crippen LogP contribution < -0.4 is 10.6 Å². The molecular weight excluding hydrogens is 374 g/mol. The lowest BCUT2D eigenvalue weighted by molar-refractivity contribution is -0.139. The topological polar surface area (TPSA) is 70.7 Å². The van der Waals surface area contributed by atoms with Crippen molar-refractivity contribution in [2.75, 3.05) is 19.7 Å². The van der Waals surface area contributed by atoms with Gasteiger partial charge in [0.1, 0.15) is 0 Å². The second-order valence-electron chi connectivity index (χ2n) is 6.89. The van der Waals surface area contributed by atoms with Crippen LogP contribution in [0.1, 0.15) is 29.0 Å². The van der Waals surface area contributed by atoms with Gasteiger partial charge < -0.3 is 15.4 Å². The largest absolute Gasteiger partial charge is 0.463 e. The summed E-state index contributed by atoms with van der Waals surface area (Å²) in [5, 5.41) is 7.67. The van der Waals surface area contributed by atoms with E-state index in [9.17, 15) is 9.59 Å². The summed E-state index contributed by atoms with van der Waals surface area (Å²) in [6.45, 7) is 4.25. The van der Waals surface area contributed by atoms with Crippen LogP contribution in [0.3, 0.4) is 0 Å². The molecule has 6 nitrogen and oxygen atoms in total. The van der Waals surface area contributed by atoms with Crippen molar-refractivity contribution in [1.29, 1.82) is 0 Å². The van der Waals surface area contributed by atoms with Crippen molar-refractivity contribution in [3.8, 4) is 0 Å². The minimum absolute atomic E-state index is 0.289. The van der Waals surface area contributed by atoms with E-state index < -0.39 is 6.04 Å². The molecular formula is C21H23N3O3S. The van der Waals surface area contributed by atoms with Crippen LogP contribution in [-0.4, -0.2) is 36.6 Å². The molecule has 0 bridgehead atoms. The summed E-state index contributed by atoms with van der Waals surface area (Å²) in [5.41, 5.74) is 3.77. The first-order valence-corrected chi connectivity index (χ1v) is 10.3. The first kappa shape index (κ1) is 18.7. The van der Waals surface area contributed by atoms with Crippen LogP contribution >= 0.6 is 11.3 Å². The molecule has 3 heterocycles. The molecule has 0 aliphatic carbocycles. The van der Waals surface area contributed by atoms with Gasteiger partial charge in [-0.05, 0) is 35.9 Å². The van der Waals surface area contributed by atoms with E-state index in [4.69, 9.17) is 4.74 Å². The molecule has 0 spiro atoms. The molecule has 28 heavy (non-hydrogen) atoms. The van der Waals surface area contributed by atoms with E-state index in [0.717, 1.165) is 24.4 Å². The van der Waals surface area contributed by atoms with Gasteiger partial charge in [0.2, 0.25) is 0 Å². The fourth-order valence-electron chi connectivity index (χ4n) is 3.77. The minimum atomic E-state index is -0.486. The van der Waals surface area contributed by atoms with Crippen LogP contribution in [-0.2, 0) is 22.5 Å². The average Bonchev–Trinajstić information content (AvgIpc) is 3.22. The minimum Gasteiger partial charge on any atom is -0.463 e. The Kier molecular flexibility index (Phi) is 5.45. The van der Waals surface area contributed by atoms with Crippen molar-refractivity contribution in [3.63, 3.8) is 0 Å². The maximum atomic E-state index is 12.8. The molecule has 2 aliphatic heterocycles. The lowest BCUT2D eigenvalue weighted by Gasteiger charge is -2.33. The molecule has 2 aromatic rings. The number of carbonyl (C=O) groups is 2. The standard InChI is InChI=1S/C21H23N3O3S/c1-2-27-20(25)18-16(22-21(26)23-19(18)17-8-5-11-28-17)13-24-10-9-14-6-3-4-7-15(14)12-24/h3-8,11,19H,2,9-10,12-13H2,1H3,(H2,22,23,26)/t19-/m0/s1. The number of ether oxygens (including phenoxy) is 1. The summed E-state index contributed by atoms with van der Waals surface area (Å²) in [5.74, 6) is -0.388. The van der Waals surface area contributed by atoms with Crippen molar-refractivity contribution in [3.05, 3.63) is 69.1 Å². The molecule has 2 aliphatic rings. The predicted octanol–water partition coefficient (Wildman–Crippen LogP) is 2.98. The first-order chi connectivity index (χ1) is 13.7. The summed E-state index contributed by atoms with van der Waals surface area (Å²) in [7, 11) is 0. The van der Waals surface area contributed by atoms with E-state index in [2.05, 4.69) is 33.7 Å². The smallest absolute Gasteiger partial charge is 0.338 e. The van der Waals surface area contributed by atoms with Crippen molar-refractivity contribution < 1.29 is 14.3 Å². The number of nitrogens with zero attached hydrogens (tertiary/aromatic N) is 1. The lowest BCUT2D eigenvalue weighted by atomic mass is 9.98. The Bertz CT molecular complexity index is 907. The van der Waals surface area contributed by atoms with Crippen molar-refractivity contribution in [1.82, 2.24) is 15.5 Å². The number of hydrogen-bond acceptors (Lipinski definition) is 5. The highest BCUT2D eigenvalue weighted by Crippen LogP contribution is 2.31. The average molecular weight is 398 g/mol. The second kappa shape index (κ2) is 8.16. The molecule has 7 heteroatoms. The highest BCUT2D eigenvalue weighted by molar-refractivity contribution is 7.10. The van der Waals surface area contributed by atoms with Gasteiger partial charge in [0.05, 0.1) is 18.2 Å². The first-order valence-electron chi connectivity index (χ1n) is 9.46. The number of thiophene rings is 1. The van der Waals surface area contributed by atoms with Crippen LogP contribution in [0.2, 0.25) is 0 Å². The second-order valence-corrected chi connectivity index (χ2v) is 7.87. The number of carbonyl (C=O) groups excluding carboxylic acids is 2. The third kappa shape index (κ3) is 3.81. The van der Waals surface area contributed by atoms with E-state index in [1.807, 2.05) is 23.6 Å². The molecule has 0 unspecified atom stereocenters. The van der Waals surface area contributed by atoms with Crippen LogP contribution in [0.15, 0.2) is 53.0 Å². The fraction of sp³-hybridized carbons (Fsp3) is 0.333. The van der Waals surface area contributed by atoms with Crippen LogP contribution in [0.25, 0.3) is 0 Å². The summed E-state index contributed by atoms with van der Waals surface area (Å²) in [6.07, 6.45) is 0.957. The number of amides is 2. The Morgan fingerprint density at radius 2 is 2.07 bits per heavy atom. The Hall–Kier alpha value is -2.64. The number of nitrogens with one attached hydrogen (secondary N) is 2. The maximum absolute atomic E-state index is 12.8. The van der Waals surface area contributed by atoms with Gasteiger partial charge in [-0.3, -0.25) is 4.90 Å². The van der Waals surface area contributed by atoms with Crippen molar-refractivity contribution >= 4 is 23.3 Å². The van der Waals surface area contributed by atoms with Gasteiger partial charge in [-0.1, -0.05) is 30.3 Å². The normalized spacial score (nSPS) is 19.6. The molecule has 1 aromatic heterocycles. The van der Waals surface area contributed by atoms with Gasteiger partial charge >= 0.3 is 12.0 Å². The number of fused-ring (bicyclic) bond motifs is 1. The molecule has 2 N–H and O–H groups in total. The fourth-order valence-corrected chi connectivity index (χ4v) is 4.56. The zero-order chi connectivity index (χ0) is 19.5. The molecule has 1 aromatic carbocycles. The highest BCUT2D eigenvalue weighted by atomic mass is 32.1. The molecule has 0 saturated heterocycles. The Morgan fingerprint density at radius 1 is 1.25 bits per heavy atom. The van der Waals surface area contributed by atoms with Crippen LogP contribution in [0.5, 0.6) is 0 Å². The Morgan fingerprint density at radius 3 is 2.82 bits per heavy atom. The number of urea groups is 1. The molecule has 146 valence electrons. The molecule has 0 radical (unpaired) electrons. The van der Waals surface area contributed by atoms with Gasteiger partial charge in [0.15, 0.2) is 0 Å². The van der Waals surface area contributed by atoms with Gasteiger partial charge in [-0.2, -0.15) is 0 Å². The summed E-state index contributed by atoms with van der Waals surface area (Å²) < 4.78 is 5.32. The van der Waals surface area contributed by atoms with E-state index in [1.165, 1.54) is 22.5 Å². The monoisotopic (exact) mass is 397 g/mol. The zero-order valence-corrected chi connectivity index (χ0v) is 16.6. The van der Waals surface area contributed by atoms with Gasteiger partial charge in [-0.15, -0.1) is 11.3 Å². The zero-order valence-electron chi connectivity index (χ0n) is 15.7. The van der Waals surface area contributed by atoms with E-state index in [1.54, 1.807) is 6.92 Å². The van der Waals surface area contributed by atoms with Gasteiger partial charge in [0, 0.05) is 30.2 Å². The molecule has 1 atom stereocenters. The van der Waals surface area contributed by atoms with Gasteiger partial charge in [-0.25, -0.2) is 9.59 Å². The van der Waals surface area contributed by atoms with E-state index >= 15 is 0 Å². The third-order valence-electron chi connectivity index (χ3n) is 5.07. The number of esters is 1. The molecule has 2 amide bonds. The summed E-state index contributed by atoms with van der Waals surface area (Å²) in [4.78, 5) is 28.3. The molecule has 4 rings (SSSR count). The van der Waals surface area contributed by atoms with Crippen molar-refractivity contribution in [2.24, 2.45) is 0 Å². The number of benzene rings is 1. The summed E-state index contributed by atoms with van der Waals surface area (Å²) >= 11 is 1.51. The Balaban J connectivity index is 1.65. The van der Waals surface area contributed by atoms with Crippen LogP contribution in [0, 0.1) is 0 Å². The van der Waals surface area contributed by atoms with E-state index in [-0.39, 0.29) is 18.6 Å². The third-order valence-corrected chi connectivity index (χ3v) is 6.01. The van der Waals surface area contributed by atoms with E-state index in [0.29, 0.717) is 17.8 Å². The Labute approximate surface area is 168 Å². The van der Waals surface area contributed by atoms with Crippen molar-refractivity contribution in [2.45, 2.75) is 25.9 Å². The van der Waals surface area contributed by atoms with Gasteiger partial charge in [0.25, 0.3) is 0 Å². The highest BCUT2D eigenvalue weighted by Gasteiger charge is 2.35. The predicted molar refractivity (Wildman–Crippen MR) is 108 cm³/mol. The lowest BCUT2D eigenvalue weighted by Crippen LogP contribution is -2.48. The number of rotatable bonds is 5. The molecule has 0 saturated carbocycles. The van der Waals surface area contributed by atoms with Crippen LogP contribution in [0.4, 0.5) is 4.79 Å². The number of hydrogen-bond donors (Lipinski definition) is 2. The quantitative estimate of drug-likeness (QED) is 0.761. The SMILES string of the molecule is CCOC(=O)C1=C(CN2CCc3ccccc3C2)NC(=O)N[C@H]1c1cccs1.